The zero-order chi connectivity index (χ0) is 8.81. The largest absolute Gasteiger partial charge is 0.0622 e. The van der Waals surface area contributed by atoms with E-state index in [0.717, 1.165) is 12.8 Å². The molecule has 0 heterocycles. The molecule has 1 rings (SSSR count). The van der Waals surface area contributed by atoms with E-state index in [-0.39, 0.29) is 0 Å². The smallest absolute Gasteiger partial charge is 0.00590 e. The van der Waals surface area contributed by atoms with E-state index >= 15 is 0 Å². The third kappa shape index (κ3) is 2.82. The number of hydrogen-bond acceptors (Lipinski definition) is 0. The minimum Gasteiger partial charge on any atom is -0.0622 e. The van der Waals surface area contributed by atoms with E-state index in [1.54, 1.807) is 0 Å². The van der Waals surface area contributed by atoms with Gasteiger partial charge in [0, 0.05) is 0 Å². The Bertz CT molecular complexity index is 249. The standard InChI is InChI=1S/C11H13Br/c1-2-10(9-12)8-11-6-4-3-5-7-11/h3-7,9H,2,8H2,1H3. The second-order valence-electron chi connectivity index (χ2n) is 2.78. The van der Waals surface area contributed by atoms with Crippen molar-refractivity contribution in [2.24, 2.45) is 0 Å². The molecule has 0 radical (unpaired) electrons. The van der Waals surface area contributed by atoms with E-state index in [2.05, 4.69) is 47.1 Å². The molecule has 0 atom stereocenters. The van der Waals surface area contributed by atoms with Crippen LogP contribution in [-0.2, 0) is 6.42 Å². The second kappa shape index (κ2) is 5.15. The number of benzene rings is 1. The van der Waals surface area contributed by atoms with Crippen LogP contribution in [0.1, 0.15) is 18.9 Å². The summed E-state index contributed by atoms with van der Waals surface area (Å²) < 4.78 is 0. The van der Waals surface area contributed by atoms with Crippen LogP contribution in [0.4, 0.5) is 0 Å². The van der Waals surface area contributed by atoms with Gasteiger partial charge in [-0.15, -0.1) is 0 Å². The summed E-state index contributed by atoms with van der Waals surface area (Å²) in [4.78, 5) is 2.03. The monoisotopic (exact) mass is 224 g/mol. The quantitative estimate of drug-likeness (QED) is 0.731. The first-order valence-corrected chi connectivity index (χ1v) is 5.10. The SMILES string of the molecule is CCC(=CBr)Cc1ccccc1. The summed E-state index contributed by atoms with van der Waals surface area (Å²) in [6.45, 7) is 2.18. The maximum atomic E-state index is 3.37. The molecule has 0 fully saturated rings. The van der Waals surface area contributed by atoms with Crippen molar-refractivity contribution in [3.8, 4) is 0 Å². The van der Waals surface area contributed by atoms with Gasteiger partial charge in [0.15, 0.2) is 0 Å². The van der Waals surface area contributed by atoms with Crippen LogP contribution in [0.15, 0.2) is 40.9 Å². The van der Waals surface area contributed by atoms with E-state index in [1.807, 2.05) is 11.1 Å². The van der Waals surface area contributed by atoms with E-state index in [1.165, 1.54) is 11.1 Å². The Labute approximate surface area is 82.4 Å². The van der Waals surface area contributed by atoms with Gasteiger partial charge in [0.1, 0.15) is 0 Å². The zero-order valence-corrected chi connectivity index (χ0v) is 8.84. The summed E-state index contributed by atoms with van der Waals surface area (Å²) in [7, 11) is 0. The van der Waals surface area contributed by atoms with E-state index < -0.39 is 0 Å². The number of halogens is 1. The minimum absolute atomic E-state index is 1.06. The molecule has 0 spiro atoms. The Hall–Kier alpha value is -0.560. The lowest BCUT2D eigenvalue weighted by atomic mass is 10.1. The van der Waals surface area contributed by atoms with Gasteiger partial charge in [0.25, 0.3) is 0 Å². The number of rotatable bonds is 3. The Morgan fingerprint density at radius 2 is 2.00 bits per heavy atom. The Balaban J connectivity index is 2.64. The maximum absolute atomic E-state index is 3.37. The number of hydrogen-bond donors (Lipinski definition) is 0. The topological polar surface area (TPSA) is 0 Å². The van der Waals surface area contributed by atoms with Crippen molar-refractivity contribution in [1.29, 1.82) is 0 Å². The second-order valence-corrected chi connectivity index (χ2v) is 3.24. The number of allylic oxidation sites excluding steroid dienone is 1. The van der Waals surface area contributed by atoms with Gasteiger partial charge < -0.3 is 0 Å². The first-order valence-electron chi connectivity index (χ1n) is 4.19. The highest BCUT2D eigenvalue weighted by atomic mass is 79.9. The summed E-state index contributed by atoms with van der Waals surface area (Å²) in [6, 6.07) is 10.5. The zero-order valence-electron chi connectivity index (χ0n) is 7.26. The Morgan fingerprint density at radius 3 is 2.50 bits per heavy atom. The molecule has 0 aliphatic carbocycles. The molecule has 12 heavy (non-hydrogen) atoms. The van der Waals surface area contributed by atoms with Gasteiger partial charge in [-0.3, -0.25) is 0 Å². The predicted molar refractivity (Wildman–Crippen MR) is 57.4 cm³/mol. The molecule has 0 unspecified atom stereocenters. The highest BCUT2D eigenvalue weighted by Gasteiger charge is 1.94. The Morgan fingerprint density at radius 1 is 1.33 bits per heavy atom. The molecule has 0 amide bonds. The van der Waals surface area contributed by atoms with Crippen LogP contribution < -0.4 is 0 Å². The van der Waals surface area contributed by atoms with Crippen LogP contribution in [-0.4, -0.2) is 0 Å². The van der Waals surface area contributed by atoms with Gasteiger partial charge in [-0.1, -0.05) is 58.8 Å². The minimum atomic E-state index is 1.06. The normalized spacial score (nSPS) is 11.7. The van der Waals surface area contributed by atoms with Gasteiger partial charge in [-0.2, -0.15) is 0 Å². The van der Waals surface area contributed by atoms with Crippen molar-refractivity contribution in [3.05, 3.63) is 46.5 Å². The lowest BCUT2D eigenvalue weighted by molar-refractivity contribution is 1.01. The fourth-order valence-corrected chi connectivity index (χ4v) is 1.58. The molecule has 0 N–H and O–H groups in total. The van der Waals surface area contributed by atoms with Crippen LogP contribution in [0.2, 0.25) is 0 Å². The lowest BCUT2D eigenvalue weighted by Crippen LogP contribution is -1.87. The molecule has 1 aromatic rings. The van der Waals surface area contributed by atoms with Crippen molar-refractivity contribution >= 4 is 15.9 Å². The fourth-order valence-electron chi connectivity index (χ4n) is 1.10. The molecule has 1 aromatic carbocycles. The molecule has 0 bridgehead atoms. The molecule has 1 heteroatoms. The summed E-state index contributed by atoms with van der Waals surface area (Å²) in [6.07, 6.45) is 2.17. The van der Waals surface area contributed by atoms with Gasteiger partial charge in [0.2, 0.25) is 0 Å². The summed E-state index contributed by atoms with van der Waals surface area (Å²) in [5.74, 6) is 0. The highest BCUT2D eigenvalue weighted by molar-refractivity contribution is 9.11. The van der Waals surface area contributed by atoms with Crippen molar-refractivity contribution in [3.63, 3.8) is 0 Å². The van der Waals surface area contributed by atoms with Crippen LogP contribution in [0.5, 0.6) is 0 Å². The molecule has 0 saturated heterocycles. The van der Waals surface area contributed by atoms with Gasteiger partial charge in [0.05, 0.1) is 0 Å². The van der Waals surface area contributed by atoms with Crippen molar-refractivity contribution in [2.45, 2.75) is 19.8 Å². The van der Waals surface area contributed by atoms with Crippen LogP contribution >= 0.6 is 15.9 Å². The Kier molecular flexibility index (Phi) is 4.09. The predicted octanol–water partition coefficient (Wildman–Crippen LogP) is 3.92. The van der Waals surface area contributed by atoms with E-state index in [9.17, 15) is 0 Å². The summed E-state index contributed by atoms with van der Waals surface area (Å²) in [5.41, 5.74) is 2.81. The van der Waals surface area contributed by atoms with E-state index in [4.69, 9.17) is 0 Å². The molecule has 0 aliphatic heterocycles. The average molecular weight is 225 g/mol. The third-order valence-corrected chi connectivity index (χ3v) is 2.53. The van der Waals surface area contributed by atoms with Gasteiger partial charge in [-0.05, 0) is 23.4 Å². The molecular weight excluding hydrogens is 212 g/mol. The molecule has 64 valence electrons. The first kappa shape index (κ1) is 9.53. The van der Waals surface area contributed by atoms with Crippen LogP contribution in [0.3, 0.4) is 0 Å². The fraction of sp³-hybridized carbons (Fsp3) is 0.273. The van der Waals surface area contributed by atoms with Gasteiger partial charge >= 0.3 is 0 Å². The summed E-state index contributed by atoms with van der Waals surface area (Å²) >= 11 is 3.37. The van der Waals surface area contributed by atoms with Crippen LogP contribution in [0, 0.1) is 0 Å². The molecule has 0 nitrogen and oxygen atoms in total. The third-order valence-electron chi connectivity index (χ3n) is 1.88. The van der Waals surface area contributed by atoms with Crippen molar-refractivity contribution < 1.29 is 0 Å². The van der Waals surface area contributed by atoms with Crippen molar-refractivity contribution in [1.82, 2.24) is 0 Å². The van der Waals surface area contributed by atoms with E-state index in [0.29, 0.717) is 0 Å². The van der Waals surface area contributed by atoms with Crippen molar-refractivity contribution in [2.75, 3.05) is 0 Å². The first-order chi connectivity index (χ1) is 5.86. The molecule has 0 aromatic heterocycles. The average Bonchev–Trinajstić information content (AvgIpc) is 2.16. The molecule has 0 aliphatic rings. The molecular formula is C11H13Br. The lowest BCUT2D eigenvalue weighted by Gasteiger charge is -2.02. The summed E-state index contributed by atoms with van der Waals surface area (Å²) in [5, 5.41) is 0. The molecule has 0 saturated carbocycles. The maximum Gasteiger partial charge on any atom is -0.00590 e. The van der Waals surface area contributed by atoms with Gasteiger partial charge in [-0.25, -0.2) is 0 Å². The highest BCUT2D eigenvalue weighted by Crippen LogP contribution is 2.12. The van der Waals surface area contributed by atoms with Crippen LogP contribution in [0.25, 0.3) is 0 Å².